The van der Waals surface area contributed by atoms with Crippen LogP contribution in [0, 0.1) is 10.1 Å². The number of aliphatic hydroxyl groups is 1. The molecule has 0 saturated carbocycles. The maximum atomic E-state index is 11.4. The minimum atomic E-state index is -0.738. The molecular formula is C12H21N5O4. The lowest BCUT2D eigenvalue weighted by Gasteiger charge is -2.12. The zero-order valence-electron chi connectivity index (χ0n) is 12.2. The number of hydrogen-bond donors (Lipinski definition) is 3. The van der Waals surface area contributed by atoms with Gasteiger partial charge in [0, 0.05) is 25.6 Å². The molecule has 3 N–H and O–H groups in total. The Morgan fingerprint density at radius 3 is 2.86 bits per heavy atom. The van der Waals surface area contributed by atoms with E-state index in [1.54, 1.807) is 0 Å². The zero-order chi connectivity index (χ0) is 15.8. The number of nitrogens with one attached hydrogen (secondary N) is 2. The van der Waals surface area contributed by atoms with Gasteiger partial charge in [0.15, 0.2) is 0 Å². The summed E-state index contributed by atoms with van der Waals surface area (Å²) in [4.78, 5) is 21.3. The molecule has 1 amide bonds. The Bertz CT molecular complexity index is 474. The number of carbonyl (C=O) groups excluding carboxylic acids is 1. The van der Waals surface area contributed by atoms with E-state index >= 15 is 0 Å². The normalized spacial score (nSPS) is 12.4. The third kappa shape index (κ3) is 6.82. The summed E-state index contributed by atoms with van der Waals surface area (Å²) in [5.41, 5.74) is -0.111. The van der Waals surface area contributed by atoms with Gasteiger partial charge >= 0.3 is 5.69 Å². The molecule has 0 spiro atoms. The van der Waals surface area contributed by atoms with E-state index in [0.29, 0.717) is 13.0 Å². The first kappa shape index (κ1) is 17.1. The lowest BCUT2D eigenvalue weighted by Crippen LogP contribution is -2.35. The Morgan fingerprint density at radius 1 is 1.57 bits per heavy atom. The topological polar surface area (TPSA) is 122 Å². The van der Waals surface area contributed by atoms with Crippen molar-refractivity contribution in [2.45, 2.75) is 39.0 Å². The van der Waals surface area contributed by atoms with Crippen molar-refractivity contribution in [2.75, 3.05) is 13.1 Å². The van der Waals surface area contributed by atoms with Crippen LogP contribution in [0.3, 0.4) is 0 Å². The van der Waals surface area contributed by atoms with Crippen LogP contribution in [-0.4, -0.2) is 51.0 Å². The summed E-state index contributed by atoms with van der Waals surface area (Å²) in [6.07, 6.45) is 1.99. The second kappa shape index (κ2) is 8.32. The van der Waals surface area contributed by atoms with Gasteiger partial charge in [-0.2, -0.15) is 5.10 Å². The molecule has 0 aliphatic rings. The van der Waals surface area contributed by atoms with Crippen molar-refractivity contribution in [1.82, 2.24) is 20.4 Å². The lowest BCUT2D eigenvalue weighted by atomic mass is 10.3. The molecule has 0 bridgehead atoms. The lowest BCUT2D eigenvalue weighted by molar-refractivity contribution is -0.385. The molecule has 0 aliphatic heterocycles. The van der Waals surface area contributed by atoms with E-state index in [0.717, 1.165) is 6.20 Å². The predicted molar refractivity (Wildman–Crippen MR) is 75.7 cm³/mol. The Morgan fingerprint density at radius 2 is 2.29 bits per heavy atom. The molecule has 9 heteroatoms. The number of rotatable bonds is 9. The smallest absolute Gasteiger partial charge is 0.306 e. The molecule has 0 radical (unpaired) electrons. The molecule has 0 aromatic carbocycles. The summed E-state index contributed by atoms with van der Waals surface area (Å²) in [5.74, 6) is -0.0466. The Labute approximate surface area is 122 Å². The van der Waals surface area contributed by atoms with Gasteiger partial charge in [-0.3, -0.25) is 19.6 Å². The van der Waals surface area contributed by atoms with Gasteiger partial charge in [-0.25, -0.2) is 0 Å². The maximum absolute atomic E-state index is 11.4. The number of nitrogens with zero attached hydrogens (tertiary/aromatic N) is 3. The minimum Gasteiger partial charge on any atom is -0.390 e. The molecule has 1 unspecified atom stereocenters. The quantitative estimate of drug-likeness (QED) is 0.325. The standard InChI is InChI=1S/C12H21N5O4/c1-9(2)15-12(19)3-4-13-6-11(18)8-16-7-10(5-14-16)17(20)21/h5,7,9,11,13,18H,3-4,6,8H2,1-2H3,(H,15,19). The van der Waals surface area contributed by atoms with Crippen LogP contribution in [0.15, 0.2) is 12.4 Å². The molecule has 1 aromatic rings. The molecule has 0 fully saturated rings. The Balaban J connectivity index is 2.20. The average molecular weight is 299 g/mol. The number of aromatic nitrogens is 2. The minimum absolute atomic E-state index is 0.0466. The second-order valence-electron chi connectivity index (χ2n) is 5.01. The average Bonchev–Trinajstić information content (AvgIpc) is 2.82. The van der Waals surface area contributed by atoms with E-state index < -0.39 is 11.0 Å². The highest BCUT2D eigenvalue weighted by Gasteiger charge is 2.12. The molecular weight excluding hydrogens is 278 g/mol. The first-order valence-corrected chi connectivity index (χ1v) is 6.73. The van der Waals surface area contributed by atoms with Gasteiger partial charge < -0.3 is 15.7 Å². The third-order valence-corrected chi connectivity index (χ3v) is 2.59. The maximum Gasteiger partial charge on any atom is 0.306 e. The number of nitro groups is 1. The van der Waals surface area contributed by atoms with E-state index in [1.807, 2.05) is 13.8 Å². The number of amides is 1. The van der Waals surface area contributed by atoms with Crippen molar-refractivity contribution in [3.63, 3.8) is 0 Å². The molecule has 1 aromatic heterocycles. The fraction of sp³-hybridized carbons (Fsp3) is 0.667. The summed E-state index contributed by atoms with van der Waals surface area (Å²) in [6.45, 7) is 4.66. The number of hydrogen-bond acceptors (Lipinski definition) is 6. The van der Waals surface area contributed by atoms with Crippen molar-refractivity contribution >= 4 is 11.6 Å². The van der Waals surface area contributed by atoms with Crippen LogP contribution in [-0.2, 0) is 11.3 Å². The second-order valence-corrected chi connectivity index (χ2v) is 5.01. The van der Waals surface area contributed by atoms with E-state index in [2.05, 4.69) is 15.7 Å². The zero-order valence-corrected chi connectivity index (χ0v) is 12.2. The fourth-order valence-electron chi connectivity index (χ4n) is 1.69. The van der Waals surface area contributed by atoms with Gasteiger partial charge in [0.2, 0.25) is 5.91 Å². The van der Waals surface area contributed by atoms with Crippen molar-refractivity contribution in [2.24, 2.45) is 0 Å². The van der Waals surface area contributed by atoms with Crippen LogP contribution in [0.4, 0.5) is 5.69 Å². The van der Waals surface area contributed by atoms with Crippen LogP contribution < -0.4 is 10.6 Å². The van der Waals surface area contributed by atoms with E-state index in [9.17, 15) is 20.0 Å². The van der Waals surface area contributed by atoms with Crippen molar-refractivity contribution < 1.29 is 14.8 Å². The van der Waals surface area contributed by atoms with Gasteiger partial charge in [-0.15, -0.1) is 0 Å². The predicted octanol–water partition coefficient (Wildman–Crippen LogP) is -0.343. The largest absolute Gasteiger partial charge is 0.390 e. The summed E-state index contributed by atoms with van der Waals surface area (Å²) >= 11 is 0. The van der Waals surface area contributed by atoms with Crippen LogP contribution in [0.25, 0.3) is 0 Å². The van der Waals surface area contributed by atoms with Crippen molar-refractivity contribution in [3.8, 4) is 0 Å². The Hall–Kier alpha value is -2.00. The van der Waals surface area contributed by atoms with Gasteiger partial charge in [-0.1, -0.05) is 0 Å². The molecule has 0 aliphatic carbocycles. The SMILES string of the molecule is CC(C)NC(=O)CCNCC(O)Cn1cc([N+](=O)[O-])cn1. The highest BCUT2D eigenvalue weighted by Crippen LogP contribution is 2.07. The van der Waals surface area contributed by atoms with E-state index in [-0.39, 0.29) is 30.7 Å². The summed E-state index contributed by atoms with van der Waals surface area (Å²) in [7, 11) is 0. The molecule has 118 valence electrons. The molecule has 0 saturated heterocycles. The van der Waals surface area contributed by atoms with Crippen LogP contribution in [0.5, 0.6) is 0 Å². The van der Waals surface area contributed by atoms with Crippen LogP contribution >= 0.6 is 0 Å². The first-order chi connectivity index (χ1) is 9.88. The first-order valence-electron chi connectivity index (χ1n) is 6.73. The molecule has 1 rings (SSSR count). The molecule has 1 atom stereocenters. The van der Waals surface area contributed by atoms with Crippen LogP contribution in [0.2, 0.25) is 0 Å². The fourth-order valence-corrected chi connectivity index (χ4v) is 1.69. The Kier molecular flexibility index (Phi) is 6.76. The third-order valence-electron chi connectivity index (χ3n) is 2.59. The van der Waals surface area contributed by atoms with Crippen LogP contribution in [0.1, 0.15) is 20.3 Å². The van der Waals surface area contributed by atoms with Gasteiger partial charge in [0.1, 0.15) is 12.4 Å². The summed E-state index contributed by atoms with van der Waals surface area (Å²) in [5, 5.41) is 29.8. The summed E-state index contributed by atoms with van der Waals surface area (Å²) < 4.78 is 1.32. The van der Waals surface area contributed by atoms with Gasteiger partial charge in [0.05, 0.1) is 17.6 Å². The summed E-state index contributed by atoms with van der Waals surface area (Å²) in [6, 6.07) is 0.110. The van der Waals surface area contributed by atoms with E-state index in [1.165, 1.54) is 10.9 Å². The van der Waals surface area contributed by atoms with Crippen molar-refractivity contribution in [3.05, 3.63) is 22.5 Å². The van der Waals surface area contributed by atoms with Gasteiger partial charge in [0.25, 0.3) is 0 Å². The highest BCUT2D eigenvalue weighted by atomic mass is 16.6. The van der Waals surface area contributed by atoms with Crippen molar-refractivity contribution in [1.29, 1.82) is 0 Å². The van der Waals surface area contributed by atoms with E-state index in [4.69, 9.17) is 0 Å². The highest BCUT2D eigenvalue weighted by molar-refractivity contribution is 5.76. The molecule has 9 nitrogen and oxygen atoms in total. The molecule has 1 heterocycles. The van der Waals surface area contributed by atoms with Gasteiger partial charge in [-0.05, 0) is 13.8 Å². The number of carbonyl (C=O) groups is 1. The monoisotopic (exact) mass is 299 g/mol. The molecule has 21 heavy (non-hydrogen) atoms. The number of aliphatic hydroxyl groups excluding tert-OH is 1.